The van der Waals surface area contributed by atoms with Crippen LogP contribution in [0, 0.1) is 6.92 Å². The molecule has 1 aromatic heterocycles. The summed E-state index contributed by atoms with van der Waals surface area (Å²) in [7, 11) is 0. The van der Waals surface area contributed by atoms with Crippen LogP contribution in [-0.2, 0) is 17.5 Å². The maximum absolute atomic E-state index is 12.5. The van der Waals surface area contributed by atoms with E-state index in [2.05, 4.69) is 10.4 Å². The maximum atomic E-state index is 12.5. The number of carbonyl (C=O) groups excluding carboxylic acids is 1. The van der Waals surface area contributed by atoms with Gasteiger partial charge in [0.1, 0.15) is 12.3 Å². The molecule has 0 spiro atoms. The summed E-state index contributed by atoms with van der Waals surface area (Å²) >= 11 is 0. The van der Waals surface area contributed by atoms with Gasteiger partial charge in [-0.05, 0) is 42.2 Å². The summed E-state index contributed by atoms with van der Waals surface area (Å²) in [6.07, 6.45) is -3.44. The summed E-state index contributed by atoms with van der Waals surface area (Å²) in [5, 5.41) is 15.9. The molecule has 2 aromatic rings. The van der Waals surface area contributed by atoms with Gasteiger partial charge >= 0.3 is 6.18 Å². The Bertz CT molecular complexity index is 752. The van der Waals surface area contributed by atoms with Gasteiger partial charge in [0.15, 0.2) is 5.69 Å². The van der Waals surface area contributed by atoms with Gasteiger partial charge in [0.25, 0.3) is 0 Å². The van der Waals surface area contributed by atoms with Gasteiger partial charge in [-0.15, -0.1) is 0 Å². The lowest BCUT2D eigenvalue weighted by Crippen LogP contribution is -2.20. The summed E-state index contributed by atoms with van der Waals surface area (Å²) in [4.78, 5) is 12.0. The van der Waals surface area contributed by atoms with Gasteiger partial charge < -0.3 is 10.4 Å². The Kier molecular flexibility index (Phi) is 4.86. The second-order valence-corrected chi connectivity index (χ2v) is 5.83. The Balaban J connectivity index is 2.13. The normalized spacial score (nSPS) is 11.8. The van der Waals surface area contributed by atoms with Crippen molar-refractivity contribution in [3.8, 4) is 5.75 Å². The number of hydrogen-bond acceptors (Lipinski definition) is 3. The largest absolute Gasteiger partial charge is 0.508 e. The van der Waals surface area contributed by atoms with Crippen LogP contribution in [-0.4, -0.2) is 20.8 Å². The van der Waals surface area contributed by atoms with Crippen LogP contribution in [0.5, 0.6) is 5.75 Å². The molecule has 1 heterocycles. The molecule has 0 saturated heterocycles. The summed E-state index contributed by atoms with van der Waals surface area (Å²) in [5.41, 5.74) is 0.791. The molecule has 2 rings (SSSR count). The second-order valence-electron chi connectivity index (χ2n) is 5.83. The highest BCUT2D eigenvalue weighted by atomic mass is 19.4. The van der Waals surface area contributed by atoms with Crippen molar-refractivity contribution >= 4 is 11.6 Å². The fourth-order valence-electron chi connectivity index (χ4n) is 2.24. The topological polar surface area (TPSA) is 67.2 Å². The van der Waals surface area contributed by atoms with Crippen molar-refractivity contribution in [3.05, 3.63) is 41.2 Å². The molecule has 0 aliphatic carbocycles. The second kappa shape index (κ2) is 6.54. The first kappa shape index (κ1) is 17.8. The number of halogens is 3. The summed E-state index contributed by atoms with van der Waals surface area (Å²) in [5.74, 6) is -0.306. The van der Waals surface area contributed by atoms with Crippen molar-refractivity contribution in [2.75, 3.05) is 5.32 Å². The SMILES string of the molecule is Cc1cc(O)c(C(C)C)cc1NC(=O)Cn1ccc(C(F)(F)F)n1. The van der Waals surface area contributed by atoms with Crippen LogP contribution in [0.4, 0.5) is 18.9 Å². The molecule has 0 aliphatic rings. The van der Waals surface area contributed by atoms with Crippen molar-refractivity contribution < 1.29 is 23.1 Å². The lowest BCUT2D eigenvalue weighted by Gasteiger charge is -2.14. The van der Waals surface area contributed by atoms with E-state index in [9.17, 15) is 23.1 Å². The molecule has 0 bridgehead atoms. The Hall–Kier alpha value is -2.51. The number of aromatic hydroxyl groups is 1. The molecule has 24 heavy (non-hydrogen) atoms. The van der Waals surface area contributed by atoms with E-state index >= 15 is 0 Å². The van der Waals surface area contributed by atoms with Crippen LogP contribution < -0.4 is 5.32 Å². The third-order valence-corrected chi connectivity index (χ3v) is 3.51. The van der Waals surface area contributed by atoms with Crippen molar-refractivity contribution in [2.45, 2.75) is 39.4 Å². The molecule has 0 fully saturated rings. The molecule has 5 nitrogen and oxygen atoms in total. The van der Waals surface area contributed by atoms with Crippen LogP contribution in [0.15, 0.2) is 24.4 Å². The van der Waals surface area contributed by atoms with E-state index in [1.165, 1.54) is 0 Å². The Morgan fingerprint density at radius 2 is 2.04 bits per heavy atom. The van der Waals surface area contributed by atoms with Crippen LogP contribution >= 0.6 is 0 Å². The van der Waals surface area contributed by atoms with Gasteiger partial charge in [-0.3, -0.25) is 9.48 Å². The first-order valence-electron chi connectivity index (χ1n) is 7.32. The Morgan fingerprint density at radius 3 is 2.58 bits per heavy atom. The number of benzene rings is 1. The van der Waals surface area contributed by atoms with Crippen LogP contribution in [0.2, 0.25) is 0 Å². The third kappa shape index (κ3) is 4.06. The minimum Gasteiger partial charge on any atom is -0.508 e. The third-order valence-electron chi connectivity index (χ3n) is 3.51. The molecular weight excluding hydrogens is 323 g/mol. The maximum Gasteiger partial charge on any atom is 0.435 e. The van der Waals surface area contributed by atoms with E-state index in [1.807, 2.05) is 13.8 Å². The molecule has 0 atom stereocenters. The first-order valence-corrected chi connectivity index (χ1v) is 7.32. The monoisotopic (exact) mass is 341 g/mol. The zero-order valence-corrected chi connectivity index (χ0v) is 13.5. The van der Waals surface area contributed by atoms with E-state index in [1.54, 1.807) is 19.1 Å². The summed E-state index contributed by atoms with van der Waals surface area (Å²) < 4.78 is 38.4. The van der Waals surface area contributed by atoms with Crippen LogP contribution in [0.1, 0.15) is 36.6 Å². The number of rotatable bonds is 4. The van der Waals surface area contributed by atoms with E-state index in [-0.39, 0.29) is 18.2 Å². The zero-order chi connectivity index (χ0) is 18.1. The van der Waals surface area contributed by atoms with Crippen molar-refractivity contribution in [1.82, 2.24) is 9.78 Å². The van der Waals surface area contributed by atoms with Gasteiger partial charge in [-0.1, -0.05) is 13.8 Å². The summed E-state index contributed by atoms with van der Waals surface area (Å²) in [6.45, 7) is 5.18. The number of phenolic OH excluding ortho intramolecular Hbond substituents is 1. The van der Waals surface area contributed by atoms with E-state index in [4.69, 9.17) is 0 Å². The molecule has 1 aromatic carbocycles. The Labute approximate surface area is 137 Å². The number of carbonyl (C=O) groups is 1. The number of aryl methyl sites for hydroxylation is 1. The van der Waals surface area contributed by atoms with Crippen molar-refractivity contribution in [2.24, 2.45) is 0 Å². The number of nitrogens with zero attached hydrogens (tertiary/aromatic N) is 2. The number of anilines is 1. The lowest BCUT2D eigenvalue weighted by atomic mass is 9.99. The minimum atomic E-state index is -4.54. The van der Waals surface area contributed by atoms with Crippen molar-refractivity contribution in [1.29, 1.82) is 0 Å². The fourth-order valence-corrected chi connectivity index (χ4v) is 2.24. The highest BCUT2D eigenvalue weighted by Gasteiger charge is 2.33. The molecule has 8 heteroatoms. The smallest absolute Gasteiger partial charge is 0.435 e. The average molecular weight is 341 g/mol. The first-order chi connectivity index (χ1) is 11.1. The van der Waals surface area contributed by atoms with E-state index < -0.39 is 17.8 Å². The number of aromatic nitrogens is 2. The minimum absolute atomic E-state index is 0.0571. The fraction of sp³-hybridized carbons (Fsp3) is 0.375. The van der Waals surface area contributed by atoms with Crippen molar-refractivity contribution in [3.63, 3.8) is 0 Å². The lowest BCUT2D eigenvalue weighted by molar-refractivity contribution is -0.141. The van der Waals surface area contributed by atoms with Gasteiger partial charge in [-0.2, -0.15) is 18.3 Å². The van der Waals surface area contributed by atoms with Gasteiger partial charge in [0, 0.05) is 11.9 Å². The van der Waals surface area contributed by atoms with E-state index in [0.29, 0.717) is 16.8 Å². The highest BCUT2D eigenvalue weighted by Crippen LogP contribution is 2.31. The zero-order valence-electron chi connectivity index (χ0n) is 13.5. The number of alkyl halides is 3. The average Bonchev–Trinajstić information content (AvgIpc) is 2.89. The molecule has 0 aliphatic heterocycles. The number of phenols is 1. The van der Waals surface area contributed by atoms with E-state index in [0.717, 1.165) is 16.9 Å². The van der Waals surface area contributed by atoms with Gasteiger partial charge in [-0.25, -0.2) is 0 Å². The predicted molar refractivity (Wildman–Crippen MR) is 82.8 cm³/mol. The molecular formula is C16H18F3N3O2. The molecule has 130 valence electrons. The molecule has 0 radical (unpaired) electrons. The standard InChI is InChI=1S/C16H18F3N3O2/c1-9(2)11-7-12(10(3)6-13(11)23)20-15(24)8-22-5-4-14(21-22)16(17,18)19/h4-7,9,23H,8H2,1-3H3,(H,20,24). The van der Waals surface area contributed by atoms with Gasteiger partial charge in [0.05, 0.1) is 0 Å². The number of nitrogens with one attached hydrogen (secondary N) is 1. The quantitative estimate of drug-likeness (QED) is 0.834. The molecule has 0 saturated carbocycles. The molecule has 2 N–H and O–H groups in total. The number of amides is 1. The Morgan fingerprint density at radius 1 is 1.38 bits per heavy atom. The molecule has 1 amide bonds. The van der Waals surface area contributed by atoms with Gasteiger partial charge in [0.2, 0.25) is 5.91 Å². The predicted octanol–water partition coefficient (Wildman–Crippen LogP) is 3.68. The summed E-state index contributed by atoms with van der Waals surface area (Å²) in [6, 6.07) is 4.02. The molecule has 0 unspecified atom stereocenters. The van der Waals surface area contributed by atoms with Crippen LogP contribution in [0.3, 0.4) is 0 Å². The number of hydrogen-bond donors (Lipinski definition) is 2. The van der Waals surface area contributed by atoms with Crippen LogP contribution in [0.25, 0.3) is 0 Å². The highest BCUT2D eigenvalue weighted by molar-refractivity contribution is 5.91.